The molecular formula is C23H27N5O5. The van der Waals surface area contributed by atoms with E-state index < -0.39 is 11.2 Å². The van der Waals surface area contributed by atoms with Gasteiger partial charge < -0.3 is 14.6 Å². The molecule has 3 heterocycles. The number of furan rings is 1. The van der Waals surface area contributed by atoms with E-state index in [2.05, 4.69) is 22.0 Å². The van der Waals surface area contributed by atoms with Crippen molar-refractivity contribution in [1.29, 1.82) is 0 Å². The Balaban J connectivity index is 1.25. The summed E-state index contributed by atoms with van der Waals surface area (Å²) in [7, 11) is 0. The highest BCUT2D eigenvalue weighted by atomic mass is 16.3. The Hall–Kier alpha value is -3.69. The molecule has 2 aromatic rings. The summed E-state index contributed by atoms with van der Waals surface area (Å²) < 4.78 is 6.76. The molecule has 2 amide bonds. The third-order valence-electron chi connectivity index (χ3n) is 6.72. The van der Waals surface area contributed by atoms with Crippen molar-refractivity contribution in [3.8, 4) is 0 Å². The summed E-state index contributed by atoms with van der Waals surface area (Å²) in [5.41, 5.74) is -0.132. The Labute approximate surface area is 190 Å². The fourth-order valence-corrected chi connectivity index (χ4v) is 4.56. The van der Waals surface area contributed by atoms with Crippen LogP contribution < -0.4 is 16.6 Å². The van der Waals surface area contributed by atoms with Gasteiger partial charge in [-0.2, -0.15) is 0 Å². The Morgan fingerprint density at radius 3 is 2.82 bits per heavy atom. The van der Waals surface area contributed by atoms with E-state index in [0.29, 0.717) is 31.3 Å². The van der Waals surface area contributed by atoms with E-state index in [1.54, 1.807) is 30.2 Å². The predicted molar refractivity (Wildman–Crippen MR) is 122 cm³/mol. The number of rotatable bonds is 7. The van der Waals surface area contributed by atoms with Crippen LogP contribution in [-0.2, 0) is 11.3 Å². The summed E-state index contributed by atoms with van der Waals surface area (Å²) in [4.78, 5) is 55.6. The van der Waals surface area contributed by atoms with Crippen LogP contribution in [0.4, 0.5) is 0 Å². The van der Waals surface area contributed by atoms with Gasteiger partial charge in [-0.1, -0.05) is 0 Å². The number of piperidine rings is 1. The lowest BCUT2D eigenvalue weighted by Crippen LogP contribution is -2.43. The maximum atomic E-state index is 12.6. The SMILES string of the molecule is C=N/C=C\c1cc(C(=O)NCC2CC23CCN(C(=O)Cn2ccc(=O)[nH]c2=O)CC3)oc1C. The molecule has 1 aliphatic heterocycles. The van der Waals surface area contributed by atoms with Gasteiger partial charge in [0, 0.05) is 43.7 Å². The second-order valence-electron chi connectivity index (χ2n) is 8.71. The first kappa shape index (κ1) is 22.5. The van der Waals surface area contributed by atoms with E-state index in [1.165, 1.54) is 16.8 Å². The molecule has 2 aliphatic rings. The zero-order chi connectivity index (χ0) is 23.6. The van der Waals surface area contributed by atoms with Crippen molar-refractivity contribution in [3.63, 3.8) is 0 Å². The van der Waals surface area contributed by atoms with Crippen molar-refractivity contribution in [1.82, 2.24) is 19.8 Å². The standard InChI is InChI=1S/C23H27N5O5/c1-15-16(3-7-24-2)11-18(33-15)21(31)25-13-17-12-23(17)5-9-27(10-6-23)20(30)14-28-8-4-19(29)26-22(28)32/h3-4,7-8,11,17H,2,5-6,9-10,12-14H2,1H3,(H,25,31)(H,26,29,32)/b7-3-. The monoisotopic (exact) mass is 453 g/mol. The number of aromatic amines is 1. The second kappa shape index (κ2) is 9.05. The van der Waals surface area contributed by atoms with Crippen LogP contribution in [0.25, 0.3) is 6.08 Å². The minimum atomic E-state index is -0.588. The molecule has 1 spiro atoms. The minimum Gasteiger partial charge on any atom is -0.456 e. The van der Waals surface area contributed by atoms with Crippen molar-refractivity contribution in [2.45, 2.75) is 32.7 Å². The Morgan fingerprint density at radius 2 is 2.12 bits per heavy atom. The lowest BCUT2D eigenvalue weighted by Gasteiger charge is -2.33. The van der Waals surface area contributed by atoms with Gasteiger partial charge in [-0.25, -0.2) is 4.79 Å². The summed E-state index contributed by atoms with van der Waals surface area (Å²) in [5.74, 6) is 0.897. The van der Waals surface area contributed by atoms with Gasteiger partial charge in [-0.05, 0) is 56.4 Å². The molecule has 2 aromatic heterocycles. The minimum absolute atomic E-state index is 0.0926. The van der Waals surface area contributed by atoms with Crippen LogP contribution in [-0.4, -0.2) is 52.6 Å². The van der Waals surface area contributed by atoms with Crippen LogP contribution >= 0.6 is 0 Å². The van der Waals surface area contributed by atoms with Crippen LogP contribution in [0.15, 0.2) is 43.5 Å². The molecule has 0 aromatic carbocycles. The van der Waals surface area contributed by atoms with Crippen molar-refractivity contribution in [3.05, 3.63) is 62.5 Å². The summed E-state index contributed by atoms with van der Waals surface area (Å²) in [5, 5.41) is 2.97. The molecule has 1 atom stereocenters. The smallest absolute Gasteiger partial charge is 0.328 e. The molecular weight excluding hydrogens is 426 g/mol. The van der Waals surface area contributed by atoms with Crippen LogP contribution in [0.5, 0.6) is 0 Å². The predicted octanol–water partition coefficient (Wildman–Crippen LogP) is 1.17. The van der Waals surface area contributed by atoms with E-state index >= 15 is 0 Å². The zero-order valence-corrected chi connectivity index (χ0v) is 18.5. The van der Waals surface area contributed by atoms with Gasteiger partial charge in [0.05, 0.1) is 0 Å². The Kier molecular flexibility index (Phi) is 6.17. The normalized spacial score (nSPS) is 19.1. The third-order valence-corrected chi connectivity index (χ3v) is 6.72. The first-order valence-corrected chi connectivity index (χ1v) is 10.9. The zero-order valence-electron chi connectivity index (χ0n) is 18.5. The summed E-state index contributed by atoms with van der Waals surface area (Å²) in [6.07, 6.45) is 7.36. The highest BCUT2D eigenvalue weighted by Gasteiger charge is 2.54. The molecule has 1 unspecified atom stereocenters. The average Bonchev–Trinajstić information content (AvgIpc) is 3.32. The fraction of sp³-hybridized carbons (Fsp3) is 0.435. The molecule has 33 heavy (non-hydrogen) atoms. The van der Waals surface area contributed by atoms with Crippen molar-refractivity contribution in [2.24, 2.45) is 16.3 Å². The third kappa shape index (κ3) is 4.89. The second-order valence-corrected chi connectivity index (χ2v) is 8.71. The molecule has 10 nitrogen and oxygen atoms in total. The van der Waals surface area contributed by atoms with Gasteiger partial charge in [0.15, 0.2) is 5.76 Å². The molecule has 2 N–H and O–H groups in total. The number of H-pyrrole nitrogens is 1. The number of hydrogen-bond donors (Lipinski definition) is 2. The number of aliphatic imine (C=N–C) groups is 1. The van der Waals surface area contributed by atoms with E-state index in [-0.39, 0.29) is 29.5 Å². The summed E-state index contributed by atoms with van der Waals surface area (Å²) in [6.45, 7) is 6.89. The number of carbonyl (C=O) groups is 2. The lowest BCUT2D eigenvalue weighted by atomic mass is 9.90. The van der Waals surface area contributed by atoms with Gasteiger partial charge in [-0.3, -0.25) is 28.9 Å². The van der Waals surface area contributed by atoms with E-state index in [1.807, 2.05) is 0 Å². The Bertz CT molecular complexity index is 1210. The number of likely N-dealkylation sites (tertiary alicyclic amines) is 1. The number of nitrogens with one attached hydrogen (secondary N) is 2. The molecule has 0 bridgehead atoms. The van der Waals surface area contributed by atoms with Crippen LogP contribution in [0, 0.1) is 18.3 Å². The molecule has 1 aliphatic carbocycles. The fourth-order valence-electron chi connectivity index (χ4n) is 4.56. The van der Waals surface area contributed by atoms with Gasteiger partial charge in [0.1, 0.15) is 12.3 Å². The molecule has 1 saturated carbocycles. The quantitative estimate of drug-likeness (QED) is 0.608. The van der Waals surface area contributed by atoms with Crippen LogP contribution in [0.2, 0.25) is 0 Å². The number of carbonyl (C=O) groups excluding carboxylic acids is 2. The Morgan fingerprint density at radius 1 is 1.36 bits per heavy atom. The van der Waals surface area contributed by atoms with Crippen LogP contribution in [0.1, 0.15) is 41.1 Å². The molecule has 10 heteroatoms. The van der Waals surface area contributed by atoms with E-state index in [9.17, 15) is 19.2 Å². The van der Waals surface area contributed by atoms with Gasteiger partial charge in [0.2, 0.25) is 5.91 Å². The van der Waals surface area contributed by atoms with Crippen molar-refractivity contribution in [2.75, 3.05) is 19.6 Å². The van der Waals surface area contributed by atoms with Gasteiger partial charge in [-0.15, -0.1) is 0 Å². The number of aromatic nitrogens is 2. The van der Waals surface area contributed by atoms with Gasteiger partial charge >= 0.3 is 5.69 Å². The molecule has 4 rings (SSSR count). The molecule has 2 fully saturated rings. The number of amides is 2. The van der Waals surface area contributed by atoms with Gasteiger partial charge in [0.25, 0.3) is 11.5 Å². The van der Waals surface area contributed by atoms with E-state index in [0.717, 1.165) is 24.8 Å². The first-order valence-electron chi connectivity index (χ1n) is 10.9. The largest absolute Gasteiger partial charge is 0.456 e. The average molecular weight is 453 g/mol. The van der Waals surface area contributed by atoms with E-state index in [4.69, 9.17) is 4.42 Å². The van der Waals surface area contributed by atoms with Crippen molar-refractivity contribution < 1.29 is 14.0 Å². The lowest BCUT2D eigenvalue weighted by molar-refractivity contribution is -0.133. The highest BCUT2D eigenvalue weighted by molar-refractivity contribution is 5.92. The summed E-state index contributed by atoms with van der Waals surface area (Å²) >= 11 is 0. The molecule has 0 radical (unpaired) electrons. The molecule has 1 saturated heterocycles. The van der Waals surface area contributed by atoms with Crippen molar-refractivity contribution >= 4 is 24.6 Å². The number of nitrogens with zero attached hydrogens (tertiary/aromatic N) is 3. The maximum Gasteiger partial charge on any atom is 0.328 e. The molecule has 174 valence electrons. The first-order chi connectivity index (χ1) is 15.8. The number of aryl methyl sites for hydroxylation is 1. The summed E-state index contributed by atoms with van der Waals surface area (Å²) in [6, 6.07) is 2.91. The maximum absolute atomic E-state index is 12.6. The topological polar surface area (TPSA) is 130 Å². The number of hydrogen-bond acceptors (Lipinski definition) is 6. The van der Waals surface area contributed by atoms with Crippen LogP contribution in [0.3, 0.4) is 0 Å². The highest BCUT2D eigenvalue weighted by Crippen LogP contribution is 2.59.